The van der Waals surface area contributed by atoms with Gasteiger partial charge in [-0.15, -0.1) is 0 Å². The fourth-order valence-electron chi connectivity index (χ4n) is 8.54. The van der Waals surface area contributed by atoms with Crippen LogP contribution in [0, 0.1) is 46.3 Å². The van der Waals surface area contributed by atoms with Crippen molar-refractivity contribution in [1.29, 1.82) is 0 Å². The smallest absolute Gasteiger partial charge is 0.129 e. The molecule has 160 valence electrons. The maximum absolute atomic E-state index is 11.5. The highest BCUT2D eigenvalue weighted by Crippen LogP contribution is 2.68. The third-order valence-electron chi connectivity index (χ3n) is 10.2. The summed E-state index contributed by atoms with van der Waals surface area (Å²) in [6.07, 6.45) is 7.82. The van der Waals surface area contributed by atoms with E-state index in [0.29, 0.717) is 36.5 Å². The SMILES string of the molecule is [2H][C@@]1(O)C[C@@H]2C[C@H](O)CC[C@]2(C)C2CC[C@@]3(C)C(CC[C@@H]3C(C)CCC(C)=O)[C@@H]21. The summed E-state index contributed by atoms with van der Waals surface area (Å²) < 4.78 is 9.00. The monoisotopic (exact) mass is 391 g/mol. The number of fused-ring (bicyclic) bond motifs is 5. The first-order valence-corrected chi connectivity index (χ1v) is 11.9. The molecule has 10 atom stereocenters. The summed E-state index contributed by atoms with van der Waals surface area (Å²) >= 11 is 0. The van der Waals surface area contributed by atoms with Crippen molar-refractivity contribution in [2.45, 2.75) is 104 Å². The van der Waals surface area contributed by atoms with Gasteiger partial charge in [0.25, 0.3) is 0 Å². The van der Waals surface area contributed by atoms with Gasteiger partial charge >= 0.3 is 0 Å². The molecule has 28 heavy (non-hydrogen) atoms. The predicted octanol–water partition coefficient (Wildman–Crippen LogP) is 4.98. The average molecular weight is 392 g/mol. The molecule has 0 aromatic carbocycles. The topological polar surface area (TPSA) is 57.5 Å². The zero-order valence-electron chi connectivity index (χ0n) is 19.4. The first-order valence-electron chi connectivity index (χ1n) is 12.4. The Balaban J connectivity index is 1.60. The van der Waals surface area contributed by atoms with Gasteiger partial charge in [-0.2, -0.15) is 0 Å². The Morgan fingerprint density at radius 2 is 1.75 bits per heavy atom. The molecule has 0 aromatic rings. The van der Waals surface area contributed by atoms with E-state index in [1.165, 1.54) is 12.8 Å². The number of carbonyl (C=O) groups excluding carboxylic acids is 1. The Hall–Kier alpha value is -0.410. The fourth-order valence-corrected chi connectivity index (χ4v) is 8.54. The van der Waals surface area contributed by atoms with Crippen LogP contribution in [-0.4, -0.2) is 28.2 Å². The number of aliphatic hydroxyl groups excluding tert-OH is 1. The Kier molecular flexibility index (Phi) is 5.15. The molecule has 0 bridgehead atoms. The van der Waals surface area contributed by atoms with Crippen LogP contribution in [0.15, 0.2) is 0 Å². The minimum absolute atomic E-state index is 0.0581. The Morgan fingerprint density at radius 3 is 2.46 bits per heavy atom. The summed E-state index contributed by atoms with van der Waals surface area (Å²) in [5.74, 6) is 2.56. The van der Waals surface area contributed by atoms with E-state index in [1.54, 1.807) is 6.92 Å². The molecule has 4 aliphatic rings. The lowest BCUT2D eigenvalue weighted by molar-refractivity contribution is -0.174. The molecule has 0 radical (unpaired) electrons. The highest BCUT2D eigenvalue weighted by Gasteiger charge is 2.62. The number of hydrogen-bond acceptors (Lipinski definition) is 3. The second kappa shape index (κ2) is 7.38. The molecule has 2 N–H and O–H groups in total. The number of hydrogen-bond donors (Lipinski definition) is 2. The van der Waals surface area contributed by atoms with Crippen molar-refractivity contribution in [3.8, 4) is 0 Å². The van der Waals surface area contributed by atoms with Crippen LogP contribution in [0.4, 0.5) is 0 Å². The van der Waals surface area contributed by atoms with E-state index in [9.17, 15) is 15.0 Å². The van der Waals surface area contributed by atoms with Crippen LogP contribution in [0.3, 0.4) is 0 Å². The van der Waals surface area contributed by atoms with Crippen molar-refractivity contribution < 1.29 is 16.4 Å². The molecule has 0 aromatic heterocycles. The highest BCUT2D eigenvalue weighted by molar-refractivity contribution is 5.75. The van der Waals surface area contributed by atoms with E-state index in [0.717, 1.165) is 38.5 Å². The maximum Gasteiger partial charge on any atom is 0.129 e. The molecule has 0 amide bonds. The van der Waals surface area contributed by atoms with E-state index in [2.05, 4.69) is 20.8 Å². The van der Waals surface area contributed by atoms with Gasteiger partial charge in [-0.05, 0) is 111 Å². The van der Waals surface area contributed by atoms with Crippen LogP contribution in [0.25, 0.3) is 0 Å². The van der Waals surface area contributed by atoms with Crippen LogP contribution >= 0.6 is 0 Å². The van der Waals surface area contributed by atoms with Crippen molar-refractivity contribution in [3.63, 3.8) is 0 Å². The van der Waals surface area contributed by atoms with E-state index in [-0.39, 0.29) is 34.6 Å². The largest absolute Gasteiger partial charge is 0.393 e. The lowest BCUT2D eigenvalue weighted by Crippen LogP contribution is -2.58. The minimum atomic E-state index is -1.37. The fraction of sp³-hybridized carbons (Fsp3) is 0.960. The Bertz CT molecular complexity index is 648. The lowest BCUT2D eigenvalue weighted by Gasteiger charge is -2.62. The van der Waals surface area contributed by atoms with Gasteiger partial charge in [0.2, 0.25) is 0 Å². The van der Waals surface area contributed by atoms with Crippen LogP contribution < -0.4 is 0 Å². The van der Waals surface area contributed by atoms with Crippen molar-refractivity contribution in [1.82, 2.24) is 0 Å². The molecular weight excluding hydrogens is 348 g/mol. The number of aliphatic hydroxyl groups is 2. The summed E-state index contributed by atoms with van der Waals surface area (Å²) in [5, 5.41) is 21.7. The quantitative estimate of drug-likeness (QED) is 0.710. The third kappa shape index (κ3) is 3.20. The van der Waals surface area contributed by atoms with Crippen molar-refractivity contribution >= 4 is 5.78 Å². The summed E-state index contributed by atoms with van der Waals surface area (Å²) in [6.45, 7) is 8.85. The molecule has 0 heterocycles. The van der Waals surface area contributed by atoms with Crippen molar-refractivity contribution in [2.24, 2.45) is 46.3 Å². The average Bonchev–Trinajstić information content (AvgIpc) is 2.98. The molecule has 4 aliphatic carbocycles. The summed E-state index contributed by atoms with van der Waals surface area (Å²) in [6, 6.07) is 0. The summed E-state index contributed by atoms with van der Waals surface area (Å²) in [7, 11) is 0. The third-order valence-corrected chi connectivity index (χ3v) is 10.2. The van der Waals surface area contributed by atoms with Gasteiger partial charge in [-0.1, -0.05) is 20.8 Å². The minimum Gasteiger partial charge on any atom is -0.393 e. The van der Waals surface area contributed by atoms with E-state index < -0.39 is 6.08 Å². The van der Waals surface area contributed by atoms with Crippen LogP contribution in [-0.2, 0) is 4.79 Å². The molecule has 0 spiro atoms. The van der Waals surface area contributed by atoms with Crippen molar-refractivity contribution in [3.05, 3.63) is 0 Å². The molecule has 4 fully saturated rings. The van der Waals surface area contributed by atoms with Gasteiger partial charge in [-0.25, -0.2) is 0 Å². The standard InChI is InChI=1S/C25H42O3/c1-15(5-6-16(2)26)19-7-8-20-23-21(10-12-25(19,20)4)24(3)11-9-18(27)13-17(24)14-22(23)28/h15,17-23,27-28H,5-14H2,1-4H3/t15?,17-,18+,19+,20?,21?,22+,23-,24-,25+/m0/s1/i22D. The van der Waals surface area contributed by atoms with Gasteiger partial charge in [0.15, 0.2) is 0 Å². The van der Waals surface area contributed by atoms with Crippen LogP contribution in [0.2, 0.25) is 0 Å². The molecule has 3 heteroatoms. The molecule has 4 rings (SSSR count). The number of rotatable bonds is 4. The summed E-state index contributed by atoms with van der Waals surface area (Å²) in [5.41, 5.74) is 0.348. The first kappa shape index (κ1) is 19.5. The number of ketones is 1. The molecule has 3 unspecified atom stereocenters. The van der Waals surface area contributed by atoms with Gasteiger partial charge in [0, 0.05) is 6.42 Å². The van der Waals surface area contributed by atoms with E-state index in [4.69, 9.17) is 1.37 Å². The Morgan fingerprint density at radius 1 is 1.07 bits per heavy atom. The molecule has 0 saturated heterocycles. The lowest BCUT2D eigenvalue weighted by atomic mass is 9.43. The van der Waals surface area contributed by atoms with Gasteiger partial charge in [0.1, 0.15) is 5.78 Å². The predicted molar refractivity (Wildman–Crippen MR) is 112 cm³/mol. The van der Waals surface area contributed by atoms with Gasteiger partial charge < -0.3 is 15.0 Å². The van der Waals surface area contributed by atoms with Crippen LogP contribution in [0.5, 0.6) is 0 Å². The van der Waals surface area contributed by atoms with Gasteiger partial charge in [0.05, 0.1) is 13.6 Å². The normalized spacial score (nSPS) is 54.9. The second-order valence-corrected chi connectivity index (χ2v) is 11.5. The second-order valence-electron chi connectivity index (χ2n) is 11.5. The maximum atomic E-state index is 11.5. The van der Waals surface area contributed by atoms with E-state index >= 15 is 0 Å². The zero-order chi connectivity index (χ0) is 21.2. The summed E-state index contributed by atoms with van der Waals surface area (Å²) in [4.78, 5) is 11.5. The highest BCUT2D eigenvalue weighted by atomic mass is 16.3. The molecular formula is C25H42O3. The zero-order valence-corrected chi connectivity index (χ0v) is 18.4. The van der Waals surface area contributed by atoms with Crippen LogP contribution in [0.1, 0.15) is 93.3 Å². The first-order chi connectivity index (χ1) is 13.5. The molecule has 0 aliphatic heterocycles. The number of Topliss-reactive ketones (excluding diaryl/α,β-unsaturated/α-hetero) is 1. The Labute approximate surface area is 173 Å². The van der Waals surface area contributed by atoms with E-state index in [1.807, 2.05) is 0 Å². The molecule has 3 nitrogen and oxygen atoms in total. The molecule has 4 saturated carbocycles. The van der Waals surface area contributed by atoms with Gasteiger partial charge in [-0.3, -0.25) is 0 Å². The van der Waals surface area contributed by atoms with Crippen molar-refractivity contribution in [2.75, 3.05) is 0 Å². The number of carbonyl (C=O) groups is 1.